The molecule has 1 fully saturated rings. The number of rotatable bonds is 8. The fourth-order valence-corrected chi connectivity index (χ4v) is 4.30. The fraction of sp³-hybridized carbons (Fsp3) is 0.115. The van der Waals surface area contributed by atoms with E-state index in [4.69, 9.17) is 21.1 Å². The molecule has 3 amide bonds. The van der Waals surface area contributed by atoms with Crippen LogP contribution in [0.5, 0.6) is 11.5 Å². The maximum Gasteiger partial charge on any atom is 0.294 e. The van der Waals surface area contributed by atoms with Crippen LogP contribution in [0.2, 0.25) is 5.02 Å². The van der Waals surface area contributed by atoms with Gasteiger partial charge in [-0.3, -0.25) is 19.3 Å². The minimum absolute atomic E-state index is 0.162. The standard InChI is InChI=1S/C26H20ClFN2O5S/c1-34-22-11-17(7-10-21(22)35-15-16-5-8-18(27)9-6-16)12-23-25(32)30(26(33)36-23)14-24(31)29-20-4-2-3-19(28)13-20/h2-13H,14-15H2,1H3,(H,29,31)/b23-12+. The van der Waals surface area contributed by atoms with Crippen LogP contribution in [0.4, 0.5) is 14.9 Å². The van der Waals surface area contributed by atoms with Gasteiger partial charge in [0.05, 0.1) is 12.0 Å². The van der Waals surface area contributed by atoms with Gasteiger partial charge >= 0.3 is 0 Å². The summed E-state index contributed by atoms with van der Waals surface area (Å²) in [5, 5.41) is 2.54. The summed E-state index contributed by atoms with van der Waals surface area (Å²) in [6, 6.07) is 17.7. The van der Waals surface area contributed by atoms with Crippen LogP contribution >= 0.6 is 23.4 Å². The molecule has 0 radical (unpaired) electrons. The predicted octanol–water partition coefficient (Wildman–Crippen LogP) is 5.74. The summed E-state index contributed by atoms with van der Waals surface area (Å²) < 4.78 is 24.6. The van der Waals surface area contributed by atoms with Crippen molar-refractivity contribution in [3.05, 3.63) is 93.6 Å². The molecule has 3 aromatic rings. The van der Waals surface area contributed by atoms with E-state index in [2.05, 4.69) is 5.32 Å². The Morgan fingerprint density at radius 3 is 2.58 bits per heavy atom. The molecule has 0 aromatic heterocycles. The smallest absolute Gasteiger partial charge is 0.294 e. The van der Waals surface area contributed by atoms with Crippen molar-refractivity contribution in [2.75, 3.05) is 19.0 Å². The number of carbonyl (C=O) groups is 3. The number of benzene rings is 3. The van der Waals surface area contributed by atoms with Crippen molar-refractivity contribution in [1.29, 1.82) is 0 Å². The lowest BCUT2D eigenvalue weighted by Crippen LogP contribution is -2.36. The number of amides is 3. The number of nitrogens with one attached hydrogen (secondary N) is 1. The van der Waals surface area contributed by atoms with Crippen LogP contribution < -0.4 is 14.8 Å². The molecule has 0 spiro atoms. The Morgan fingerprint density at radius 1 is 1.08 bits per heavy atom. The first kappa shape index (κ1) is 25.3. The summed E-state index contributed by atoms with van der Waals surface area (Å²) >= 11 is 6.64. The van der Waals surface area contributed by atoms with Crippen molar-refractivity contribution in [2.45, 2.75) is 6.61 Å². The highest BCUT2D eigenvalue weighted by Crippen LogP contribution is 2.34. The number of hydrogen-bond acceptors (Lipinski definition) is 6. The van der Waals surface area contributed by atoms with Crippen molar-refractivity contribution < 1.29 is 28.2 Å². The van der Waals surface area contributed by atoms with Crippen molar-refractivity contribution in [3.8, 4) is 11.5 Å². The quantitative estimate of drug-likeness (QED) is 0.377. The first-order chi connectivity index (χ1) is 17.3. The van der Waals surface area contributed by atoms with Gasteiger partial charge in [0.15, 0.2) is 11.5 Å². The molecule has 1 aliphatic rings. The van der Waals surface area contributed by atoms with Crippen LogP contribution in [-0.4, -0.2) is 35.6 Å². The molecule has 0 atom stereocenters. The van der Waals surface area contributed by atoms with E-state index in [1.54, 1.807) is 36.4 Å². The van der Waals surface area contributed by atoms with Gasteiger partial charge in [-0.15, -0.1) is 0 Å². The largest absolute Gasteiger partial charge is 0.493 e. The molecule has 1 N–H and O–H groups in total. The normalized spacial score (nSPS) is 14.3. The molecule has 36 heavy (non-hydrogen) atoms. The van der Waals surface area contributed by atoms with Crippen LogP contribution in [0.1, 0.15) is 11.1 Å². The molecule has 0 bridgehead atoms. The number of thioether (sulfide) groups is 1. The highest BCUT2D eigenvalue weighted by molar-refractivity contribution is 8.18. The van der Waals surface area contributed by atoms with E-state index in [0.29, 0.717) is 28.7 Å². The fourth-order valence-electron chi connectivity index (χ4n) is 3.33. The molecule has 0 saturated carbocycles. The van der Waals surface area contributed by atoms with Crippen LogP contribution in [0.25, 0.3) is 6.08 Å². The second-order valence-electron chi connectivity index (χ2n) is 7.65. The van der Waals surface area contributed by atoms with Gasteiger partial charge in [-0.1, -0.05) is 35.9 Å². The first-order valence-corrected chi connectivity index (χ1v) is 11.9. The molecule has 4 rings (SSSR count). The summed E-state index contributed by atoms with van der Waals surface area (Å²) in [4.78, 5) is 38.5. The van der Waals surface area contributed by atoms with Gasteiger partial charge in [0.1, 0.15) is 19.0 Å². The molecule has 0 aliphatic carbocycles. The average molecular weight is 527 g/mol. The maximum absolute atomic E-state index is 13.3. The van der Waals surface area contributed by atoms with E-state index in [-0.39, 0.29) is 10.6 Å². The van der Waals surface area contributed by atoms with Crippen molar-refractivity contribution in [1.82, 2.24) is 4.90 Å². The minimum atomic E-state index is -0.618. The van der Waals surface area contributed by atoms with Gasteiger partial charge < -0.3 is 14.8 Å². The third-order valence-corrected chi connectivity index (χ3v) is 6.24. The highest BCUT2D eigenvalue weighted by atomic mass is 35.5. The van der Waals surface area contributed by atoms with Crippen molar-refractivity contribution in [3.63, 3.8) is 0 Å². The Labute approximate surface area is 215 Å². The lowest BCUT2D eigenvalue weighted by Gasteiger charge is -2.12. The zero-order valence-electron chi connectivity index (χ0n) is 19.0. The van der Waals surface area contributed by atoms with Crippen molar-refractivity contribution in [2.24, 2.45) is 0 Å². The zero-order chi connectivity index (χ0) is 25.7. The first-order valence-electron chi connectivity index (χ1n) is 10.7. The van der Waals surface area contributed by atoms with E-state index in [1.165, 1.54) is 25.3 Å². The Balaban J connectivity index is 1.42. The molecule has 7 nitrogen and oxygen atoms in total. The zero-order valence-corrected chi connectivity index (χ0v) is 20.6. The number of imide groups is 1. The lowest BCUT2D eigenvalue weighted by atomic mass is 10.1. The SMILES string of the molecule is COc1cc(/C=C2/SC(=O)N(CC(=O)Nc3cccc(F)c3)C2=O)ccc1OCc1ccc(Cl)cc1. The van der Waals surface area contributed by atoms with Gasteiger partial charge in [-0.2, -0.15) is 0 Å². The number of ether oxygens (including phenoxy) is 2. The molecule has 1 heterocycles. The molecule has 3 aromatic carbocycles. The number of carbonyl (C=O) groups excluding carboxylic acids is 3. The number of halogens is 2. The van der Waals surface area contributed by atoms with Gasteiger partial charge in [0, 0.05) is 10.7 Å². The third-order valence-electron chi connectivity index (χ3n) is 5.08. The molecule has 0 unspecified atom stereocenters. The van der Waals surface area contributed by atoms with E-state index >= 15 is 0 Å². The summed E-state index contributed by atoms with van der Waals surface area (Å²) in [6.45, 7) is -0.178. The average Bonchev–Trinajstić information content (AvgIpc) is 3.11. The van der Waals surface area contributed by atoms with Gasteiger partial charge in [-0.05, 0) is 71.4 Å². The second kappa shape index (κ2) is 11.3. The number of hydrogen-bond donors (Lipinski definition) is 1. The van der Waals surface area contributed by atoms with Crippen LogP contribution in [0.3, 0.4) is 0 Å². The molecule has 10 heteroatoms. The molecule has 1 saturated heterocycles. The summed E-state index contributed by atoms with van der Waals surface area (Å²) in [7, 11) is 1.50. The lowest BCUT2D eigenvalue weighted by molar-refractivity contribution is -0.127. The number of nitrogens with zero attached hydrogens (tertiary/aromatic N) is 1. The highest BCUT2D eigenvalue weighted by Gasteiger charge is 2.36. The topological polar surface area (TPSA) is 84.9 Å². The summed E-state index contributed by atoms with van der Waals surface area (Å²) in [5.41, 5.74) is 1.77. The molecular weight excluding hydrogens is 507 g/mol. The number of anilines is 1. The second-order valence-corrected chi connectivity index (χ2v) is 9.08. The Morgan fingerprint density at radius 2 is 1.86 bits per heavy atom. The van der Waals surface area contributed by atoms with Crippen LogP contribution in [0, 0.1) is 5.82 Å². The van der Waals surface area contributed by atoms with Gasteiger partial charge in [0.25, 0.3) is 11.1 Å². The molecule has 1 aliphatic heterocycles. The third kappa shape index (κ3) is 6.24. The minimum Gasteiger partial charge on any atom is -0.493 e. The van der Waals surface area contributed by atoms with Crippen LogP contribution in [-0.2, 0) is 16.2 Å². The van der Waals surface area contributed by atoms with E-state index in [9.17, 15) is 18.8 Å². The predicted molar refractivity (Wildman–Crippen MR) is 136 cm³/mol. The van der Waals surface area contributed by atoms with E-state index in [0.717, 1.165) is 28.3 Å². The number of methoxy groups -OCH3 is 1. The maximum atomic E-state index is 13.3. The summed E-state index contributed by atoms with van der Waals surface area (Å²) in [6.07, 6.45) is 1.54. The van der Waals surface area contributed by atoms with E-state index in [1.807, 2.05) is 12.1 Å². The van der Waals surface area contributed by atoms with E-state index < -0.39 is 29.4 Å². The van der Waals surface area contributed by atoms with Gasteiger partial charge in [0.2, 0.25) is 5.91 Å². The Hall–Kier alpha value is -3.82. The Bertz CT molecular complexity index is 1350. The summed E-state index contributed by atoms with van der Waals surface area (Å²) in [5.74, 6) is -0.772. The monoisotopic (exact) mass is 526 g/mol. The Kier molecular flexibility index (Phi) is 7.92. The molecule has 184 valence electrons. The van der Waals surface area contributed by atoms with Crippen LogP contribution in [0.15, 0.2) is 71.6 Å². The van der Waals surface area contributed by atoms with Crippen molar-refractivity contribution >= 4 is 52.2 Å². The van der Waals surface area contributed by atoms with Gasteiger partial charge in [-0.25, -0.2) is 4.39 Å². The molecular formula is C26H20ClFN2O5S.